The van der Waals surface area contributed by atoms with Crippen LogP contribution in [0.1, 0.15) is 10.4 Å². The van der Waals surface area contributed by atoms with Crippen molar-refractivity contribution in [1.29, 1.82) is 0 Å². The van der Waals surface area contributed by atoms with Crippen LogP contribution in [0.5, 0.6) is 0 Å². The van der Waals surface area contributed by atoms with E-state index in [1.165, 1.54) is 10.8 Å². The van der Waals surface area contributed by atoms with Gasteiger partial charge >= 0.3 is 0 Å². The number of imidazole rings is 1. The van der Waals surface area contributed by atoms with Crippen LogP contribution >= 0.6 is 0 Å². The van der Waals surface area contributed by atoms with Gasteiger partial charge in [0.25, 0.3) is 5.91 Å². The van der Waals surface area contributed by atoms with E-state index < -0.39 is 0 Å². The van der Waals surface area contributed by atoms with Gasteiger partial charge in [-0.15, -0.1) is 0 Å². The second kappa shape index (κ2) is 4.93. The van der Waals surface area contributed by atoms with Crippen LogP contribution in [0, 0.1) is 0 Å². The summed E-state index contributed by atoms with van der Waals surface area (Å²) in [7, 11) is 0. The lowest BCUT2D eigenvalue weighted by Crippen LogP contribution is -2.24. The molecular formula is C20H15N3O. The van der Waals surface area contributed by atoms with Gasteiger partial charge in [-0.1, -0.05) is 48.5 Å². The fourth-order valence-corrected chi connectivity index (χ4v) is 3.59. The lowest BCUT2D eigenvalue weighted by Gasteiger charge is -2.10. The summed E-state index contributed by atoms with van der Waals surface area (Å²) in [5, 5.41) is 5.34. The Balaban J connectivity index is 1.89. The van der Waals surface area contributed by atoms with Gasteiger partial charge in [0.15, 0.2) is 0 Å². The molecule has 0 saturated heterocycles. The lowest BCUT2D eigenvalue weighted by molar-refractivity contribution is 0.0956. The predicted molar refractivity (Wildman–Crippen MR) is 95.0 cm³/mol. The van der Waals surface area contributed by atoms with Crippen LogP contribution < -0.4 is 5.32 Å². The fourth-order valence-electron chi connectivity index (χ4n) is 3.59. The SMILES string of the molecule is O=C1NCCn2c(-c3cccc4ccccc34)nc3cccc1c32. The molecule has 0 aliphatic carbocycles. The van der Waals surface area contributed by atoms with E-state index in [0.717, 1.165) is 29.0 Å². The van der Waals surface area contributed by atoms with Crippen LogP contribution in [-0.2, 0) is 6.54 Å². The molecule has 0 atom stereocenters. The summed E-state index contributed by atoms with van der Waals surface area (Å²) in [4.78, 5) is 17.2. The van der Waals surface area contributed by atoms with Crippen LogP contribution in [0.25, 0.3) is 33.2 Å². The van der Waals surface area contributed by atoms with Gasteiger partial charge in [0.2, 0.25) is 0 Å². The van der Waals surface area contributed by atoms with Crippen LogP contribution in [0.15, 0.2) is 60.7 Å². The van der Waals surface area contributed by atoms with Crippen molar-refractivity contribution in [2.45, 2.75) is 6.54 Å². The predicted octanol–water partition coefficient (Wildman–Crippen LogP) is 3.60. The smallest absolute Gasteiger partial charge is 0.253 e. The van der Waals surface area contributed by atoms with E-state index in [9.17, 15) is 4.79 Å². The highest BCUT2D eigenvalue weighted by atomic mass is 16.1. The zero-order valence-electron chi connectivity index (χ0n) is 13.0. The lowest BCUT2D eigenvalue weighted by atomic mass is 10.0. The van der Waals surface area contributed by atoms with Crippen molar-refractivity contribution in [3.8, 4) is 11.4 Å². The Hall–Kier alpha value is -3.14. The molecule has 2 heterocycles. The molecule has 24 heavy (non-hydrogen) atoms. The first kappa shape index (κ1) is 13.3. The van der Waals surface area contributed by atoms with Gasteiger partial charge in [0.1, 0.15) is 5.82 Å². The van der Waals surface area contributed by atoms with Crippen LogP contribution in [0.3, 0.4) is 0 Å². The highest BCUT2D eigenvalue weighted by Crippen LogP contribution is 2.32. The van der Waals surface area contributed by atoms with Crippen molar-refractivity contribution in [3.63, 3.8) is 0 Å². The number of nitrogens with zero attached hydrogens (tertiary/aromatic N) is 2. The van der Waals surface area contributed by atoms with Crippen molar-refractivity contribution < 1.29 is 4.79 Å². The van der Waals surface area contributed by atoms with Gasteiger partial charge < -0.3 is 9.88 Å². The molecule has 0 unspecified atom stereocenters. The normalized spacial score (nSPS) is 13.9. The molecule has 0 saturated carbocycles. The first-order valence-electron chi connectivity index (χ1n) is 8.08. The summed E-state index contributed by atoms with van der Waals surface area (Å²) in [5.41, 5.74) is 3.59. The number of carbonyl (C=O) groups is 1. The number of para-hydroxylation sites is 1. The summed E-state index contributed by atoms with van der Waals surface area (Å²) in [6, 6.07) is 20.3. The summed E-state index contributed by atoms with van der Waals surface area (Å²) in [5.74, 6) is 0.898. The number of hydrogen-bond acceptors (Lipinski definition) is 2. The Bertz CT molecular complexity index is 1110. The second-order valence-electron chi connectivity index (χ2n) is 6.04. The van der Waals surface area contributed by atoms with Crippen LogP contribution in [-0.4, -0.2) is 22.0 Å². The van der Waals surface area contributed by atoms with E-state index in [4.69, 9.17) is 4.98 Å². The molecule has 1 aromatic heterocycles. The Morgan fingerprint density at radius 1 is 0.917 bits per heavy atom. The molecule has 0 radical (unpaired) electrons. The van der Waals surface area contributed by atoms with Crippen LogP contribution in [0.2, 0.25) is 0 Å². The maximum absolute atomic E-state index is 12.3. The van der Waals surface area contributed by atoms with Crippen molar-refractivity contribution in [1.82, 2.24) is 14.9 Å². The van der Waals surface area contributed by atoms with Crippen molar-refractivity contribution in [3.05, 3.63) is 66.2 Å². The molecule has 1 aliphatic rings. The first-order chi connectivity index (χ1) is 11.8. The summed E-state index contributed by atoms with van der Waals surface area (Å²) in [6.45, 7) is 1.33. The molecule has 116 valence electrons. The number of nitrogens with one attached hydrogen (secondary N) is 1. The Morgan fingerprint density at radius 3 is 2.67 bits per heavy atom. The average molecular weight is 313 g/mol. The number of rotatable bonds is 1. The van der Waals surface area contributed by atoms with Crippen LogP contribution in [0.4, 0.5) is 0 Å². The molecule has 4 aromatic rings. The van der Waals surface area contributed by atoms with E-state index in [-0.39, 0.29) is 5.91 Å². The molecule has 3 aromatic carbocycles. The van der Waals surface area contributed by atoms with Gasteiger partial charge in [-0.3, -0.25) is 4.79 Å². The van der Waals surface area contributed by atoms with Gasteiger partial charge in [-0.2, -0.15) is 0 Å². The fraction of sp³-hybridized carbons (Fsp3) is 0.100. The zero-order chi connectivity index (χ0) is 16.1. The molecule has 5 rings (SSSR count). The maximum Gasteiger partial charge on any atom is 0.253 e. The van der Waals surface area contributed by atoms with Gasteiger partial charge in [0, 0.05) is 18.7 Å². The summed E-state index contributed by atoms with van der Waals surface area (Å²) >= 11 is 0. The Kier molecular flexibility index (Phi) is 2.73. The number of amides is 1. The third kappa shape index (κ3) is 1.80. The van der Waals surface area contributed by atoms with Gasteiger partial charge in [-0.25, -0.2) is 4.98 Å². The van der Waals surface area contributed by atoms with E-state index in [1.54, 1.807) is 0 Å². The van der Waals surface area contributed by atoms with E-state index in [1.807, 2.05) is 30.3 Å². The molecule has 4 heteroatoms. The van der Waals surface area contributed by atoms with Crippen molar-refractivity contribution in [2.75, 3.05) is 6.54 Å². The second-order valence-corrected chi connectivity index (χ2v) is 6.04. The minimum atomic E-state index is -0.0243. The molecule has 1 N–H and O–H groups in total. The average Bonchev–Trinajstić information content (AvgIpc) is 2.90. The standard InChI is InChI=1S/C20H15N3O/c24-20-16-9-4-10-17-18(16)23(12-11-21-20)19(22-17)15-8-3-6-13-5-1-2-7-14(13)15/h1-10H,11-12H2,(H,21,24). The number of hydrogen-bond donors (Lipinski definition) is 1. The monoisotopic (exact) mass is 313 g/mol. The highest BCUT2D eigenvalue weighted by molar-refractivity contribution is 6.07. The molecule has 0 spiro atoms. The third-order valence-corrected chi connectivity index (χ3v) is 4.66. The molecule has 1 aliphatic heterocycles. The summed E-state index contributed by atoms with van der Waals surface area (Å²) < 4.78 is 2.17. The number of fused-ring (bicyclic) bond motifs is 1. The topological polar surface area (TPSA) is 46.9 Å². The minimum absolute atomic E-state index is 0.0243. The molecular weight excluding hydrogens is 298 g/mol. The molecule has 1 amide bonds. The zero-order valence-corrected chi connectivity index (χ0v) is 13.0. The highest BCUT2D eigenvalue weighted by Gasteiger charge is 2.22. The van der Waals surface area contributed by atoms with Crippen molar-refractivity contribution in [2.24, 2.45) is 0 Å². The van der Waals surface area contributed by atoms with Crippen molar-refractivity contribution >= 4 is 27.7 Å². The first-order valence-corrected chi connectivity index (χ1v) is 8.08. The molecule has 4 nitrogen and oxygen atoms in total. The molecule has 0 fully saturated rings. The largest absolute Gasteiger partial charge is 0.350 e. The Labute approximate surface area is 138 Å². The third-order valence-electron chi connectivity index (χ3n) is 4.66. The quantitative estimate of drug-likeness (QED) is 0.583. The Morgan fingerprint density at radius 2 is 1.71 bits per heavy atom. The molecule has 0 bridgehead atoms. The van der Waals surface area contributed by atoms with Gasteiger partial charge in [-0.05, 0) is 22.9 Å². The van der Waals surface area contributed by atoms with E-state index in [2.05, 4.69) is 40.2 Å². The minimum Gasteiger partial charge on any atom is -0.350 e. The number of carbonyl (C=O) groups excluding carboxylic acids is 1. The summed E-state index contributed by atoms with van der Waals surface area (Å²) in [6.07, 6.45) is 0. The van der Waals surface area contributed by atoms with E-state index >= 15 is 0 Å². The number of aromatic nitrogens is 2. The van der Waals surface area contributed by atoms with Gasteiger partial charge in [0.05, 0.1) is 16.6 Å². The number of benzene rings is 3. The van der Waals surface area contributed by atoms with E-state index in [0.29, 0.717) is 12.1 Å². The maximum atomic E-state index is 12.3.